The van der Waals surface area contributed by atoms with E-state index in [4.69, 9.17) is 5.26 Å². The molecule has 0 saturated carbocycles. The number of nitriles is 1. The maximum absolute atomic E-state index is 13.5. The smallest absolute Gasteiger partial charge is 0.149 e. The third kappa shape index (κ3) is 2.63. The molecule has 0 aliphatic heterocycles. The third-order valence-corrected chi connectivity index (χ3v) is 2.77. The number of hydrogen-bond donors (Lipinski definition) is 1. The summed E-state index contributed by atoms with van der Waals surface area (Å²) in [6.07, 6.45) is 1.36. The van der Waals surface area contributed by atoms with Crippen LogP contribution < -0.4 is 5.32 Å². The lowest BCUT2D eigenvalue weighted by Crippen LogP contribution is -1.97. The zero-order valence-electron chi connectivity index (χ0n) is 8.92. The quantitative estimate of drug-likeness (QED) is 0.860. The van der Waals surface area contributed by atoms with Crippen LogP contribution in [0.25, 0.3) is 0 Å². The van der Waals surface area contributed by atoms with E-state index in [2.05, 4.69) is 26.2 Å². The molecule has 2 aromatic rings. The summed E-state index contributed by atoms with van der Waals surface area (Å²) in [4.78, 5) is 3.93. The minimum atomic E-state index is -0.721. The SMILES string of the molecule is N#Cc1ccc(Nc2cc(Br)c(F)cc2F)nc1. The summed E-state index contributed by atoms with van der Waals surface area (Å²) in [6.45, 7) is 0. The molecule has 2 rings (SSSR count). The van der Waals surface area contributed by atoms with Gasteiger partial charge in [-0.3, -0.25) is 0 Å². The van der Waals surface area contributed by atoms with Crippen LogP contribution in [0.2, 0.25) is 0 Å². The van der Waals surface area contributed by atoms with Crippen LogP contribution in [0.1, 0.15) is 5.56 Å². The fraction of sp³-hybridized carbons (Fsp3) is 0. The van der Waals surface area contributed by atoms with Gasteiger partial charge < -0.3 is 5.32 Å². The number of nitrogens with zero attached hydrogens (tertiary/aromatic N) is 2. The van der Waals surface area contributed by atoms with Crippen LogP contribution in [0, 0.1) is 23.0 Å². The molecule has 0 atom stereocenters. The molecule has 0 spiro atoms. The van der Waals surface area contributed by atoms with E-state index in [1.807, 2.05) is 6.07 Å². The van der Waals surface area contributed by atoms with Crippen molar-refractivity contribution in [1.82, 2.24) is 4.98 Å². The summed E-state index contributed by atoms with van der Waals surface area (Å²) in [6, 6.07) is 7.07. The number of aromatic nitrogens is 1. The molecule has 0 aliphatic rings. The van der Waals surface area contributed by atoms with E-state index in [1.165, 1.54) is 18.3 Å². The number of benzene rings is 1. The van der Waals surface area contributed by atoms with Crippen LogP contribution >= 0.6 is 15.9 Å². The minimum Gasteiger partial charge on any atom is -0.338 e. The van der Waals surface area contributed by atoms with Gasteiger partial charge in [0.15, 0.2) is 0 Å². The van der Waals surface area contributed by atoms with Crippen molar-refractivity contribution < 1.29 is 8.78 Å². The van der Waals surface area contributed by atoms with Gasteiger partial charge in [0.1, 0.15) is 23.5 Å². The maximum atomic E-state index is 13.5. The van der Waals surface area contributed by atoms with Crippen molar-refractivity contribution >= 4 is 27.4 Å². The van der Waals surface area contributed by atoms with Crippen molar-refractivity contribution in [2.24, 2.45) is 0 Å². The summed E-state index contributed by atoms with van der Waals surface area (Å²) in [5.74, 6) is -1.03. The van der Waals surface area contributed by atoms with Gasteiger partial charge in [0.25, 0.3) is 0 Å². The van der Waals surface area contributed by atoms with E-state index in [1.54, 1.807) is 6.07 Å². The standard InChI is InChI=1S/C12H6BrF2N3/c13-8-3-11(10(15)4-9(8)14)18-12-2-1-7(5-16)6-17-12/h1-4,6H,(H,17,18). The predicted molar refractivity (Wildman–Crippen MR) is 66.3 cm³/mol. The van der Waals surface area contributed by atoms with Gasteiger partial charge in [-0.2, -0.15) is 5.26 Å². The maximum Gasteiger partial charge on any atom is 0.149 e. The summed E-state index contributed by atoms with van der Waals surface area (Å²) in [7, 11) is 0. The van der Waals surface area contributed by atoms with Crippen LogP contribution in [0.5, 0.6) is 0 Å². The number of nitrogens with one attached hydrogen (secondary N) is 1. The van der Waals surface area contributed by atoms with E-state index < -0.39 is 11.6 Å². The first-order valence-electron chi connectivity index (χ1n) is 4.88. The number of rotatable bonds is 2. The Hall–Kier alpha value is -2.00. The molecule has 1 heterocycles. The lowest BCUT2D eigenvalue weighted by atomic mass is 10.2. The van der Waals surface area contributed by atoms with Crippen LogP contribution in [-0.2, 0) is 0 Å². The van der Waals surface area contributed by atoms with Gasteiger partial charge in [-0.25, -0.2) is 13.8 Å². The fourth-order valence-electron chi connectivity index (χ4n) is 1.29. The largest absolute Gasteiger partial charge is 0.338 e. The molecule has 1 N–H and O–H groups in total. The number of halogens is 3. The number of pyridine rings is 1. The second-order valence-electron chi connectivity index (χ2n) is 3.42. The highest BCUT2D eigenvalue weighted by Gasteiger charge is 2.08. The van der Waals surface area contributed by atoms with E-state index in [9.17, 15) is 8.78 Å². The monoisotopic (exact) mass is 309 g/mol. The fourth-order valence-corrected chi connectivity index (χ4v) is 1.63. The van der Waals surface area contributed by atoms with Gasteiger partial charge in [0, 0.05) is 12.3 Å². The molecule has 0 unspecified atom stereocenters. The van der Waals surface area contributed by atoms with Crippen molar-refractivity contribution in [3.8, 4) is 6.07 Å². The van der Waals surface area contributed by atoms with Gasteiger partial charge >= 0.3 is 0 Å². The number of anilines is 2. The Morgan fingerprint density at radius 1 is 1.22 bits per heavy atom. The highest BCUT2D eigenvalue weighted by atomic mass is 79.9. The van der Waals surface area contributed by atoms with E-state index in [-0.39, 0.29) is 10.2 Å². The second-order valence-corrected chi connectivity index (χ2v) is 4.27. The van der Waals surface area contributed by atoms with Gasteiger partial charge in [-0.15, -0.1) is 0 Å². The molecule has 1 aromatic heterocycles. The van der Waals surface area contributed by atoms with E-state index in [0.29, 0.717) is 11.4 Å². The van der Waals surface area contributed by atoms with Crippen molar-refractivity contribution in [2.45, 2.75) is 0 Å². The Morgan fingerprint density at radius 3 is 2.61 bits per heavy atom. The second kappa shape index (κ2) is 5.10. The first kappa shape index (κ1) is 12.5. The molecule has 0 fully saturated rings. The molecular formula is C12H6BrF2N3. The van der Waals surface area contributed by atoms with Crippen molar-refractivity contribution in [1.29, 1.82) is 5.26 Å². The molecule has 0 amide bonds. The normalized spacial score (nSPS) is 9.89. The molecule has 3 nitrogen and oxygen atoms in total. The van der Waals surface area contributed by atoms with Gasteiger partial charge in [0.05, 0.1) is 15.7 Å². The van der Waals surface area contributed by atoms with Gasteiger partial charge in [-0.05, 0) is 34.1 Å². The topological polar surface area (TPSA) is 48.7 Å². The van der Waals surface area contributed by atoms with Crippen molar-refractivity contribution in [3.05, 3.63) is 52.1 Å². The molecule has 18 heavy (non-hydrogen) atoms. The van der Waals surface area contributed by atoms with Crippen molar-refractivity contribution in [3.63, 3.8) is 0 Å². The molecule has 0 radical (unpaired) electrons. The summed E-state index contributed by atoms with van der Waals surface area (Å²) >= 11 is 2.97. The highest BCUT2D eigenvalue weighted by molar-refractivity contribution is 9.10. The zero-order chi connectivity index (χ0) is 13.1. The Morgan fingerprint density at radius 2 is 2.00 bits per heavy atom. The lowest BCUT2D eigenvalue weighted by Gasteiger charge is -2.07. The molecular weight excluding hydrogens is 304 g/mol. The molecule has 6 heteroatoms. The predicted octanol–water partition coefficient (Wildman–Crippen LogP) is 3.74. The van der Waals surface area contributed by atoms with E-state index in [0.717, 1.165) is 6.07 Å². The summed E-state index contributed by atoms with van der Waals surface area (Å²) in [5, 5.41) is 11.3. The van der Waals surface area contributed by atoms with Gasteiger partial charge in [0.2, 0.25) is 0 Å². The highest BCUT2D eigenvalue weighted by Crippen LogP contribution is 2.25. The average molecular weight is 310 g/mol. The lowest BCUT2D eigenvalue weighted by molar-refractivity contribution is 0.581. The third-order valence-electron chi connectivity index (χ3n) is 2.17. The van der Waals surface area contributed by atoms with Gasteiger partial charge in [-0.1, -0.05) is 0 Å². The van der Waals surface area contributed by atoms with Crippen LogP contribution in [0.4, 0.5) is 20.3 Å². The van der Waals surface area contributed by atoms with Crippen LogP contribution in [0.3, 0.4) is 0 Å². The molecule has 0 bridgehead atoms. The molecule has 90 valence electrons. The first-order chi connectivity index (χ1) is 8.60. The summed E-state index contributed by atoms with van der Waals surface area (Å²) < 4.78 is 26.6. The zero-order valence-corrected chi connectivity index (χ0v) is 10.5. The Balaban J connectivity index is 2.28. The number of hydrogen-bond acceptors (Lipinski definition) is 3. The Labute approximate surface area is 110 Å². The average Bonchev–Trinajstić information content (AvgIpc) is 2.37. The first-order valence-corrected chi connectivity index (χ1v) is 5.67. The minimum absolute atomic E-state index is 0.0977. The summed E-state index contributed by atoms with van der Waals surface area (Å²) in [5.41, 5.74) is 0.502. The van der Waals surface area contributed by atoms with Crippen LogP contribution in [0.15, 0.2) is 34.9 Å². The van der Waals surface area contributed by atoms with Crippen molar-refractivity contribution in [2.75, 3.05) is 5.32 Å². The van der Waals surface area contributed by atoms with Crippen LogP contribution in [-0.4, -0.2) is 4.98 Å². The van der Waals surface area contributed by atoms with E-state index >= 15 is 0 Å². The molecule has 0 aliphatic carbocycles. The Bertz CT molecular complexity index is 620. The molecule has 1 aromatic carbocycles. The Kier molecular flexibility index (Phi) is 3.53. The molecule has 0 saturated heterocycles.